The minimum absolute atomic E-state index is 0.179. The Labute approximate surface area is 227 Å². The quantitative estimate of drug-likeness (QED) is 0.166. The van der Waals surface area contributed by atoms with E-state index in [1.807, 2.05) is 42.5 Å². The predicted molar refractivity (Wildman–Crippen MR) is 148 cm³/mol. The lowest BCUT2D eigenvalue weighted by atomic mass is 9.84. The highest BCUT2D eigenvalue weighted by Gasteiger charge is 2.24. The average Bonchev–Trinajstić information content (AvgIpc) is 3.32. The first-order valence-corrected chi connectivity index (χ1v) is 13.3. The Balaban J connectivity index is 1.20. The van der Waals surface area contributed by atoms with Crippen LogP contribution in [0.3, 0.4) is 0 Å². The van der Waals surface area contributed by atoms with Gasteiger partial charge in [-0.15, -0.1) is 0 Å². The number of cyclic esters (lactones) is 1. The van der Waals surface area contributed by atoms with Gasteiger partial charge in [-0.2, -0.15) is 0 Å². The van der Waals surface area contributed by atoms with Crippen LogP contribution in [0.4, 0.5) is 0 Å². The molecule has 3 aromatic carbocycles. The molecular weight excluding hydrogens is 502 g/mol. The van der Waals surface area contributed by atoms with Gasteiger partial charge < -0.3 is 18.9 Å². The molecule has 1 heterocycles. The highest BCUT2D eigenvalue weighted by molar-refractivity contribution is 6.32. The zero-order valence-electron chi connectivity index (χ0n) is 21.3. The van der Waals surface area contributed by atoms with Gasteiger partial charge >= 0.3 is 5.97 Å². The zero-order valence-corrected chi connectivity index (χ0v) is 22.1. The molecule has 5 rings (SSSR count). The van der Waals surface area contributed by atoms with E-state index in [0.717, 1.165) is 11.3 Å². The van der Waals surface area contributed by atoms with E-state index in [9.17, 15) is 4.79 Å². The Kier molecular flexibility index (Phi) is 8.29. The lowest BCUT2D eigenvalue weighted by molar-refractivity contribution is -0.129. The summed E-state index contributed by atoms with van der Waals surface area (Å²) in [5.74, 6) is 2.08. The fourth-order valence-corrected chi connectivity index (χ4v) is 5.08. The van der Waals surface area contributed by atoms with E-state index >= 15 is 0 Å². The topological polar surface area (TPSA) is 66.4 Å². The second-order valence-electron chi connectivity index (χ2n) is 9.34. The summed E-state index contributed by atoms with van der Waals surface area (Å²) in [5.41, 5.74) is 2.94. The Morgan fingerprint density at radius 2 is 1.71 bits per heavy atom. The molecule has 0 radical (unpaired) electrons. The number of ether oxygens (including phenoxy) is 4. The number of hydrogen-bond acceptors (Lipinski definition) is 6. The van der Waals surface area contributed by atoms with Crippen LogP contribution in [0.25, 0.3) is 6.08 Å². The number of carbonyl (C=O) groups is 1. The molecule has 1 aliphatic carbocycles. The molecule has 2 aliphatic rings. The first-order valence-electron chi connectivity index (χ1n) is 12.9. The summed E-state index contributed by atoms with van der Waals surface area (Å²) in [5, 5.41) is 0.353. The highest BCUT2D eigenvalue weighted by atomic mass is 35.5. The second-order valence-corrected chi connectivity index (χ2v) is 9.74. The average molecular weight is 532 g/mol. The smallest absolute Gasteiger partial charge is 0.363 e. The van der Waals surface area contributed by atoms with Crippen molar-refractivity contribution in [1.29, 1.82) is 0 Å². The van der Waals surface area contributed by atoms with Crippen molar-refractivity contribution < 1.29 is 23.7 Å². The van der Waals surface area contributed by atoms with E-state index in [0.29, 0.717) is 34.6 Å². The Hall–Kier alpha value is -3.77. The maximum atomic E-state index is 12.4. The molecule has 1 aliphatic heterocycles. The van der Waals surface area contributed by atoms with E-state index in [4.69, 9.17) is 30.5 Å². The van der Waals surface area contributed by atoms with Crippen molar-refractivity contribution in [2.45, 2.75) is 38.0 Å². The number of benzene rings is 3. The Morgan fingerprint density at radius 3 is 2.45 bits per heavy atom. The first-order chi connectivity index (χ1) is 18.6. The maximum absolute atomic E-state index is 12.4. The number of esters is 1. The molecule has 38 heavy (non-hydrogen) atoms. The maximum Gasteiger partial charge on any atom is 0.363 e. The van der Waals surface area contributed by atoms with Gasteiger partial charge in [-0.3, -0.25) is 0 Å². The van der Waals surface area contributed by atoms with Crippen LogP contribution in [0.2, 0.25) is 5.02 Å². The third-order valence-corrected chi connectivity index (χ3v) is 7.03. The SMILES string of the molecule is COc1cc(/C=C2/N=C(c3ccccc3)OC2=O)cc(Cl)c1OCCOc1ccc(C2CCCCC2)cc1. The second kappa shape index (κ2) is 12.2. The summed E-state index contributed by atoms with van der Waals surface area (Å²) in [7, 11) is 1.54. The van der Waals surface area contributed by atoms with Crippen molar-refractivity contribution in [3.8, 4) is 17.2 Å². The molecule has 1 fully saturated rings. The normalized spacial score (nSPS) is 16.7. The summed E-state index contributed by atoms with van der Waals surface area (Å²) < 4.78 is 22.6. The number of rotatable bonds is 9. The van der Waals surface area contributed by atoms with Gasteiger partial charge in [-0.1, -0.05) is 61.2 Å². The fraction of sp³-hybridized carbons (Fsp3) is 0.290. The van der Waals surface area contributed by atoms with Gasteiger partial charge in [0.15, 0.2) is 17.2 Å². The Bertz CT molecular complexity index is 1330. The summed E-state index contributed by atoms with van der Waals surface area (Å²) >= 11 is 6.52. The van der Waals surface area contributed by atoms with Crippen molar-refractivity contribution in [2.75, 3.05) is 20.3 Å². The molecule has 3 aromatic rings. The van der Waals surface area contributed by atoms with E-state index in [1.54, 1.807) is 18.2 Å². The molecule has 0 saturated heterocycles. The summed E-state index contributed by atoms with van der Waals surface area (Å²) in [6, 6.07) is 21.1. The lowest BCUT2D eigenvalue weighted by Crippen LogP contribution is -2.10. The van der Waals surface area contributed by atoms with E-state index in [2.05, 4.69) is 17.1 Å². The molecule has 0 bridgehead atoms. The van der Waals surface area contributed by atoms with Crippen LogP contribution < -0.4 is 14.2 Å². The molecule has 0 atom stereocenters. The molecule has 0 spiro atoms. The molecular formula is C31H30ClNO5. The lowest BCUT2D eigenvalue weighted by Gasteiger charge is -2.22. The van der Waals surface area contributed by atoms with E-state index < -0.39 is 5.97 Å². The molecule has 1 saturated carbocycles. The first kappa shape index (κ1) is 25.9. The van der Waals surface area contributed by atoms with Gasteiger partial charge in [-0.05, 0) is 72.4 Å². The zero-order chi connectivity index (χ0) is 26.3. The third kappa shape index (κ3) is 6.20. The van der Waals surface area contributed by atoms with Crippen LogP contribution in [0, 0.1) is 0 Å². The monoisotopic (exact) mass is 531 g/mol. The van der Waals surface area contributed by atoms with Crippen molar-refractivity contribution in [2.24, 2.45) is 4.99 Å². The van der Waals surface area contributed by atoms with Crippen LogP contribution in [0.15, 0.2) is 77.4 Å². The van der Waals surface area contributed by atoms with Gasteiger partial charge in [0.05, 0.1) is 12.1 Å². The van der Waals surface area contributed by atoms with Crippen LogP contribution >= 0.6 is 11.6 Å². The van der Waals surface area contributed by atoms with E-state index in [-0.39, 0.29) is 18.2 Å². The summed E-state index contributed by atoms with van der Waals surface area (Å²) in [4.78, 5) is 16.7. The van der Waals surface area contributed by atoms with E-state index in [1.165, 1.54) is 44.8 Å². The molecule has 7 heteroatoms. The van der Waals surface area contributed by atoms with Crippen molar-refractivity contribution in [1.82, 2.24) is 0 Å². The summed E-state index contributed by atoms with van der Waals surface area (Å²) in [6.07, 6.45) is 8.15. The van der Waals surface area contributed by atoms with Gasteiger partial charge in [0, 0.05) is 5.56 Å². The number of halogens is 1. The standard InChI is InChI=1S/C31H30ClNO5/c1-35-28-20-21(19-27-31(34)38-30(33-27)24-10-6-3-7-11-24)18-26(32)29(28)37-17-16-36-25-14-12-23(13-15-25)22-8-4-2-5-9-22/h3,6-7,10-15,18-20,22H,2,4-5,8-9,16-17H2,1H3/b27-19+. The van der Waals surface area contributed by atoms with Crippen molar-refractivity contribution in [3.63, 3.8) is 0 Å². The highest BCUT2D eigenvalue weighted by Crippen LogP contribution is 2.37. The number of carbonyl (C=O) groups excluding carboxylic acids is 1. The van der Waals surface area contributed by atoms with Crippen LogP contribution in [0.5, 0.6) is 17.2 Å². The minimum atomic E-state index is -0.525. The predicted octanol–water partition coefficient (Wildman–Crippen LogP) is 7.20. The van der Waals surface area contributed by atoms with Crippen molar-refractivity contribution >= 4 is 29.5 Å². The molecule has 0 N–H and O–H groups in total. The number of nitrogens with zero attached hydrogens (tertiary/aromatic N) is 1. The minimum Gasteiger partial charge on any atom is -0.493 e. The van der Waals surface area contributed by atoms with Gasteiger partial charge in [0.2, 0.25) is 5.90 Å². The van der Waals surface area contributed by atoms with Crippen molar-refractivity contribution in [3.05, 3.63) is 94.1 Å². The number of methoxy groups -OCH3 is 1. The third-order valence-electron chi connectivity index (χ3n) is 6.75. The van der Waals surface area contributed by atoms with Gasteiger partial charge in [0.25, 0.3) is 0 Å². The van der Waals surface area contributed by atoms with Crippen LogP contribution in [-0.2, 0) is 9.53 Å². The molecule has 0 unspecified atom stereocenters. The number of aliphatic imine (C=N–C) groups is 1. The van der Waals surface area contributed by atoms with Crippen LogP contribution in [0.1, 0.15) is 54.7 Å². The van der Waals surface area contributed by atoms with Gasteiger partial charge in [0.1, 0.15) is 19.0 Å². The molecule has 6 nitrogen and oxygen atoms in total. The molecule has 0 amide bonds. The molecule has 0 aromatic heterocycles. The molecule has 196 valence electrons. The number of hydrogen-bond donors (Lipinski definition) is 0. The van der Waals surface area contributed by atoms with Gasteiger partial charge in [-0.25, -0.2) is 9.79 Å². The van der Waals surface area contributed by atoms with Crippen LogP contribution in [-0.4, -0.2) is 32.2 Å². The summed E-state index contributed by atoms with van der Waals surface area (Å²) in [6.45, 7) is 0.648. The Morgan fingerprint density at radius 1 is 0.974 bits per heavy atom. The largest absolute Gasteiger partial charge is 0.493 e. The fourth-order valence-electron chi connectivity index (χ4n) is 4.81.